The second kappa shape index (κ2) is 7.43. The van der Waals surface area contributed by atoms with E-state index in [4.69, 9.17) is 4.74 Å². The summed E-state index contributed by atoms with van der Waals surface area (Å²) >= 11 is 0. The summed E-state index contributed by atoms with van der Waals surface area (Å²) in [5.74, 6) is 1.57. The van der Waals surface area contributed by atoms with E-state index in [0.717, 1.165) is 30.0 Å². The molecule has 1 aromatic heterocycles. The molecule has 104 valence electrons. The Labute approximate surface area is 120 Å². The molecular formula is C17H20N2O. The van der Waals surface area contributed by atoms with Crippen LogP contribution in [-0.4, -0.2) is 17.8 Å². The van der Waals surface area contributed by atoms with E-state index >= 15 is 0 Å². The van der Waals surface area contributed by atoms with E-state index in [1.165, 1.54) is 0 Å². The summed E-state index contributed by atoms with van der Waals surface area (Å²) in [6.45, 7) is 5.16. The molecule has 0 saturated heterocycles. The molecule has 0 N–H and O–H groups in total. The van der Waals surface area contributed by atoms with E-state index in [1.807, 2.05) is 42.6 Å². The Bertz CT molecular complexity index is 533. The molecule has 1 aromatic carbocycles. The zero-order valence-corrected chi connectivity index (χ0v) is 12.0. The first kappa shape index (κ1) is 14.3. The van der Waals surface area contributed by atoms with Crippen molar-refractivity contribution in [3.8, 4) is 5.75 Å². The Hall–Kier alpha value is -2.16. The highest BCUT2D eigenvalue weighted by atomic mass is 16.5. The van der Waals surface area contributed by atoms with Gasteiger partial charge in [0, 0.05) is 12.4 Å². The largest absolute Gasteiger partial charge is 0.494 e. The number of benzene rings is 1. The Morgan fingerprint density at radius 2 is 2.00 bits per heavy atom. The van der Waals surface area contributed by atoms with Crippen molar-refractivity contribution in [2.24, 2.45) is 10.9 Å². The first-order valence-electron chi connectivity index (χ1n) is 6.91. The second-order valence-corrected chi connectivity index (χ2v) is 5.07. The van der Waals surface area contributed by atoms with E-state index < -0.39 is 0 Å². The van der Waals surface area contributed by atoms with Gasteiger partial charge in [-0.25, -0.2) is 0 Å². The lowest BCUT2D eigenvalue weighted by Gasteiger charge is -2.07. The van der Waals surface area contributed by atoms with E-state index in [-0.39, 0.29) is 0 Å². The van der Waals surface area contributed by atoms with Gasteiger partial charge in [0.1, 0.15) is 5.75 Å². The minimum atomic E-state index is 0.667. The monoisotopic (exact) mass is 268 g/mol. The van der Waals surface area contributed by atoms with Gasteiger partial charge in [-0.15, -0.1) is 0 Å². The average Bonchev–Trinajstić information content (AvgIpc) is 2.47. The normalized spacial score (nSPS) is 11.2. The highest BCUT2D eigenvalue weighted by Crippen LogP contribution is 2.13. The first-order chi connectivity index (χ1) is 9.74. The highest BCUT2D eigenvalue weighted by molar-refractivity contribution is 5.81. The van der Waals surface area contributed by atoms with Gasteiger partial charge in [-0.1, -0.05) is 13.8 Å². The molecule has 0 aliphatic carbocycles. The molecule has 0 bridgehead atoms. The van der Waals surface area contributed by atoms with Crippen LogP contribution in [0.25, 0.3) is 0 Å². The van der Waals surface area contributed by atoms with Crippen LogP contribution in [0.5, 0.6) is 5.75 Å². The minimum absolute atomic E-state index is 0.667. The van der Waals surface area contributed by atoms with Crippen LogP contribution in [0.3, 0.4) is 0 Å². The van der Waals surface area contributed by atoms with Crippen molar-refractivity contribution >= 4 is 11.9 Å². The molecule has 3 nitrogen and oxygen atoms in total. The summed E-state index contributed by atoms with van der Waals surface area (Å²) < 4.78 is 5.68. The fourth-order valence-electron chi connectivity index (χ4n) is 1.64. The molecule has 0 atom stereocenters. The van der Waals surface area contributed by atoms with Crippen molar-refractivity contribution in [1.29, 1.82) is 0 Å². The van der Waals surface area contributed by atoms with Crippen LogP contribution in [0.1, 0.15) is 25.8 Å². The quantitative estimate of drug-likeness (QED) is 0.734. The SMILES string of the molecule is CC(C)CCOc1ccc(C=Nc2cccnc2)cc1. The molecule has 0 saturated carbocycles. The molecule has 0 amide bonds. The Morgan fingerprint density at radius 3 is 2.65 bits per heavy atom. The third-order valence-electron chi connectivity index (χ3n) is 2.85. The summed E-state index contributed by atoms with van der Waals surface area (Å²) in [5.41, 5.74) is 1.90. The first-order valence-corrected chi connectivity index (χ1v) is 6.91. The van der Waals surface area contributed by atoms with Crippen molar-refractivity contribution in [2.75, 3.05) is 6.61 Å². The predicted octanol–water partition coefficient (Wildman–Crippen LogP) is 4.26. The van der Waals surface area contributed by atoms with Crippen LogP contribution in [0.2, 0.25) is 0 Å². The van der Waals surface area contributed by atoms with E-state index in [1.54, 1.807) is 12.4 Å². The number of hydrogen-bond donors (Lipinski definition) is 0. The van der Waals surface area contributed by atoms with E-state index in [2.05, 4.69) is 23.8 Å². The Kier molecular flexibility index (Phi) is 5.30. The van der Waals surface area contributed by atoms with Crippen LogP contribution in [-0.2, 0) is 0 Å². The second-order valence-electron chi connectivity index (χ2n) is 5.07. The molecule has 2 rings (SSSR count). The van der Waals surface area contributed by atoms with Crippen LogP contribution in [0.15, 0.2) is 53.8 Å². The van der Waals surface area contributed by atoms with Crippen molar-refractivity contribution in [3.63, 3.8) is 0 Å². The van der Waals surface area contributed by atoms with Crippen molar-refractivity contribution in [2.45, 2.75) is 20.3 Å². The van der Waals surface area contributed by atoms with E-state index in [9.17, 15) is 0 Å². The van der Waals surface area contributed by atoms with Gasteiger partial charge in [0.2, 0.25) is 0 Å². The standard InChI is InChI=1S/C17H20N2O/c1-14(2)9-11-20-17-7-5-15(6-8-17)12-19-16-4-3-10-18-13-16/h3-8,10,12-14H,9,11H2,1-2H3. The van der Waals surface area contributed by atoms with Crippen LogP contribution in [0.4, 0.5) is 5.69 Å². The fourth-order valence-corrected chi connectivity index (χ4v) is 1.64. The van der Waals surface area contributed by atoms with Crippen molar-refractivity contribution in [3.05, 3.63) is 54.4 Å². The van der Waals surface area contributed by atoms with Gasteiger partial charge in [-0.05, 0) is 54.3 Å². The number of ether oxygens (including phenoxy) is 1. The van der Waals surface area contributed by atoms with Crippen LogP contribution in [0, 0.1) is 5.92 Å². The maximum atomic E-state index is 5.68. The number of rotatable bonds is 6. The molecular weight excluding hydrogens is 248 g/mol. The number of aromatic nitrogens is 1. The zero-order valence-electron chi connectivity index (χ0n) is 12.0. The van der Waals surface area contributed by atoms with Gasteiger partial charge in [-0.2, -0.15) is 0 Å². The van der Waals surface area contributed by atoms with E-state index in [0.29, 0.717) is 5.92 Å². The maximum absolute atomic E-state index is 5.68. The van der Waals surface area contributed by atoms with Crippen molar-refractivity contribution < 1.29 is 4.74 Å². The van der Waals surface area contributed by atoms with Gasteiger partial charge in [0.05, 0.1) is 18.5 Å². The van der Waals surface area contributed by atoms with Gasteiger partial charge in [0.25, 0.3) is 0 Å². The van der Waals surface area contributed by atoms with Gasteiger partial charge >= 0.3 is 0 Å². The number of hydrogen-bond acceptors (Lipinski definition) is 3. The molecule has 2 aromatic rings. The van der Waals surface area contributed by atoms with Crippen LogP contribution >= 0.6 is 0 Å². The molecule has 1 heterocycles. The third kappa shape index (κ3) is 4.84. The summed E-state index contributed by atoms with van der Waals surface area (Å²) in [7, 11) is 0. The topological polar surface area (TPSA) is 34.5 Å². The average molecular weight is 268 g/mol. The summed E-state index contributed by atoms with van der Waals surface area (Å²) in [5, 5.41) is 0. The molecule has 0 aliphatic rings. The lowest BCUT2D eigenvalue weighted by Crippen LogP contribution is -2.01. The number of aliphatic imine (C=N–C) groups is 1. The maximum Gasteiger partial charge on any atom is 0.119 e. The molecule has 0 spiro atoms. The van der Waals surface area contributed by atoms with Crippen molar-refractivity contribution in [1.82, 2.24) is 4.98 Å². The van der Waals surface area contributed by atoms with Gasteiger partial charge in [-0.3, -0.25) is 9.98 Å². The Morgan fingerprint density at radius 1 is 1.20 bits per heavy atom. The smallest absolute Gasteiger partial charge is 0.119 e. The Balaban J connectivity index is 1.90. The zero-order chi connectivity index (χ0) is 14.2. The molecule has 0 aliphatic heterocycles. The van der Waals surface area contributed by atoms with Crippen LogP contribution < -0.4 is 4.74 Å². The molecule has 0 fully saturated rings. The molecule has 20 heavy (non-hydrogen) atoms. The molecule has 0 radical (unpaired) electrons. The third-order valence-corrected chi connectivity index (χ3v) is 2.85. The minimum Gasteiger partial charge on any atom is -0.494 e. The summed E-state index contributed by atoms with van der Waals surface area (Å²) in [6.07, 6.45) is 6.38. The fraction of sp³-hybridized carbons (Fsp3) is 0.294. The molecule has 0 unspecified atom stereocenters. The lowest BCUT2D eigenvalue weighted by atomic mass is 10.1. The summed E-state index contributed by atoms with van der Waals surface area (Å²) in [4.78, 5) is 8.39. The molecule has 3 heteroatoms. The van der Waals surface area contributed by atoms with Gasteiger partial charge in [0.15, 0.2) is 0 Å². The highest BCUT2D eigenvalue weighted by Gasteiger charge is 1.97. The number of nitrogens with zero attached hydrogens (tertiary/aromatic N) is 2. The predicted molar refractivity (Wildman–Crippen MR) is 82.9 cm³/mol. The van der Waals surface area contributed by atoms with Gasteiger partial charge < -0.3 is 4.74 Å². The number of pyridine rings is 1. The lowest BCUT2D eigenvalue weighted by molar-refractivity contribution is 0.289. The summed E-state index contributed by atoms with van der Waals surface area (Å²) in [6, 6.07) is 11.8.